The molecule has 0 spiro atoms. The van der Waals surface area contributed by atoms with Crippen molar-refractivity contribution >= 4 is 0 Å². The van der Waals surface area contributed by atoms with Crippen molar-refractivity contribution in [3.8, 4) is 0 Å². The van der Waals surface area contributed by atoms with Crippen molar-refractivity contribution in [1.29, 1.82) is 0 Å². The molecule has 0 aliphatic heterocycles. The Morgan fingerprint density at radius 2 is 1.69 bits per heavy atom. The summed E-state index contributed by atoms with van der Waals surface area (Å²) in [6.07, 6.45) is 13.6. The molecule has 0 aromatic heterocycles. The highest BCUT2D eigenvalue weighted by atomic mass is 19.1. The van der Waals surface area contributed by atoms with Crippen molar-refractivity contribution in [2.45, 2.75) is 96.7 Å². The molecule has 1 aromatic rings. The van der Waals surface area contributed by atoms with Crippen LogP contribution in [-0.4, -0.2) is 24.4 Å². The lowest BCUT2D eigenvalue weighted by molar-refractivity contribution is -0.136. The van der Waals surface area contributed by atoms with Gasteiger partial charge >= 0.3 is 0 Å². The number of halogens is 1. The van der Waals surface area contributed by atoms with Crippen molar-refractivity contribution in [1.82, 2.24) is 0 Å². The predicted molar refractivity (Wildman–Crippen MR) is 127 cm³/mol. The van der Waals surface area contributed by atoms with Crippen molar-refractivity contribution < 1.29 is 14.2 Å². The van der Waals surface area contributed by atoms with Gasteiger partial charge in [-0.3, -0.25) is 0 Å². The normalized spacial score (nSPS) is 44.4. The second-order valence-electron chi connectivity index (χ2n) is 12.2. The van der Waals surface area contributed by atoms with Crippen molar-refractivity contribution in [3.63, 3.8) is 0 Å². The van der Waals surface area contributed by atoms with E-state index in [9.17, 15) is 9.50 Å². The SMILES string of the molecule is CO[C@H]1CC[C@@]2(C)[C@@H](CC[C@@H]3[C@@H]2CC[C@]2(C)[C@@H]([C@H](O)CCc4ccc(F)cc4)CC[C@@H]32)C1. The standard InChI is InChI=1S/C29H43FO2/c1-28-16-14-22(32-3)18-20(28)7-10-23-24-11-12-26(29(24,2)17-15-25(23)28)27(31)13-6-19-4-8-21(30)9-5-19/h4-5,8-9,20,22-27,31H,6-7,10-18H2,1-3H3/t20-,22-,23-,24-,25-,26+,27+,28-,29-/m0/s1. The molecule has 0 saturated heterocycles. The summed E-state index contributed by atoms with van der Waals surface area (Å²) in [7, 11) is 1.89. The molecule has 0 amide bonds. The summed E-state index contributed by atoms with van der Waals surface area (Å²) in [4.78, 5) is 0. The van der Waals surface area contributed by atoms with Gasteiger partial charge < -0.3 is 9.84 Å². The van der Waals surface area contributed by atoms with Crippen molar-refractivity contribution in [2.24, 2.45) is 40.4 Å². The molecule has 4 saturated carbocycles. The number of methoxy groups -OCH3 is 1. The Labute approximate surface area is 194 Å². The van der Waals surface area contributed by atoms with E-state index in [0.717, 1.165) is 42.1 Å². The third-order valence-corrected chi connectivity index (χ3v) is 11.1. The maximum Gasteiger partial charge on any atom is 0.123 e. The van der Waals surface area contributed by atoms with Crippen molar-refractivity contribution in [3.05, 3.63) is 35.6 Å². The highest BCUT2D eigenvalue weighted by molar-refractivity contribution is 5.16. The molecular weight excluding hydrogens is 399 g/mol. The number of hydrogen-bond acceptors (Lipinski definition) is 2. The Balaban J connectivity index is 1.27. The molecular formula is C29H43FO2. The van der Waals surface area contributed by atoms with Gasteiger partial charge in [-0.1, -0.05) is 26.0 Å². The summed E-state index contributed by atoms with van der Waals surface area (Å²) in [6, 6.07) is 6.80. The van der Waals surface area contributed by atoms with Gasteiger partial charge in [-0.2, -0.15) is 0 Å². The summed E-state index contributed by atoms with van der Waals surface area (Å²) < 4.78 is 19.0. The average molecular weight is 443 g/mol. The number of aryl methyl sites for hydroxylation is 1. The molecule has 178 valence electrons. The van der Waals surface area contributed by atoms with Gasteiger partial charge in [-0.25, -0.2) is 4.39 Å². The fraction of sp³-hybridized carbons (Fsp3) is 0.793. The first-order valence-corrected chi connectivity index (χ1v) is 13.3. The third kappa shape index (κ3) is 3.76. The van der Waals surface area contributed by atoms with Gasteiger partial charge in [-0.15, -0.1) is 0 Å². The van der Waals surface area contributed by atoms with Gasteiger partial charge in [0.2, 0.25) is 0 Å². The van der Waals surface area contributed by atoms with Crippen molar-refractivity contribution in [2.75, 3.05) is 7.11 Å². The number of aliphatic hydroxyl groups excluding tert-OH is 1. The summed E-state index contributed by atoms with van der Waals surface area (Å²) in [5, 5.41) is 11.3. The number of fused-ring (bicyclic) bond motifs is 5. The second-order valence-corrected chi connectivity index (χ2v) is 12.2. The van der Waals surface area contributed by atoms with E-state index in [1.807, 2.05) is 19.2 Å². The van der Waals surface area contributed by atoms with E-state index in [-0.39, 0.29) is 17.3 Å². The van der Waals surface area contributed by atoms with Crippen LogP contribution in [0.5, 0.6) is 0 Å². The monoisotopic (exact) mass is 442 g/mol. The molecule has 0 bridgehead atoms. The van der Waals surface area contributed by atoms with Crippen LogP contribution in [0.3, 0.4) is 0 Å². The molecule has 4 aliphatic rings. The summed E-state index contributed by atoms with van der Waals surface area (Å²) >= 11 is 0. The second kappa shape index (κ2) is 8.69. The Morgan fingerprint density at radius 3 is 2.44 bits per heavy atom. The quantitative estimate of drug-likeness (QED) is 0.544. The minimum absolute atomic E-state index is 0.184. The first-order valence-electron chi connectivity index (χ1n) is 13.3. The predicted octanol–water partition coefficient (Wildman–Crippen LogP) is 6.79. The highest BCUT2D eigenvalue weighted by Crippen LogP contribution is 2.68. The first-order chi connectivity index (χ1) is 15.3. The number of rotatable bonds is 5. The fourth-order valence-electron chi connectivity index (χ4n) is 9.27. The average Bonchev–Trinajstić information content (AvgIpc) is 3.15. The summed E-state index contributed by atoms with van der Waals surface area (Å²) in [5.41, 5.74) is 1.92. The Morgan fingerprint density at radius 1 is 0.969 bits per heavy atom. The molecule has 5 rings (SSSR count). The number of ether oxygens (including phenoxy) is 1. The van der Waals surface area contributed by atoms with E-state index < -0.39 is 0 Å². The zero-order chi connectivity index (χ0) is 22.5. The van der Waals surface area contributed by atoms with E-state index in [1.165, 1.54) is 69.9 Å². The molecule has 4 fully saturated rings. The van der Waals surface area contributed by atoms with Crippen LogP contribution in [0.2, 0.25) is 0 Å². The van der Waals surface area contributed by atoms with Crippen LogP contribution in [0.4, 0.5) is 4.39 Å². The number of hydrogen-bond donors (Lipinski definition) is 1. The molecule has 2 nitrogen and oxygen atoms in total. The molecule has 4 aliphatic carbocycles. The van der Waals surface area contributed by atoms with Crippen LogP contribution in [0.15, 0.2) is 24.3 Å². The number of aliphatic hydroxyl groups is 1. The lowest BCUT2D eigenvalue weighted by atomic mass is 9.44. The van der Waals surface area contributed by atoms with Crippen LogP contribution >= 0.6 is 0 Å². The maximum atomic E-state index is 13.2. The molecule has 3 heteroatoms. The van der Waals surface area contributed by atoms with Gasteiger partial charge in [0.1, 0.15) is 5.82 Å². The van der Waals surface area contributed by atoms with E-state index in [0.29, 0.717) is 17.4 Å². The van der Waals surface area contributed by atoms with Gasteiger partial charge in [0.05, 0.1) is 12.2 Å². The molecule has 32 heavy (non-hydrogen) atoms. The minimum atomic E-state index is -0.240. The van der Waals surface area contributed by atoms with Gasteiger partial charge in [0, 0.05) is 7.11 Å². The highest BCUT2D eigenvalue weighted by Gasteiger charge is 2.60. The first kappa shape index (κ1) is 22.8. The zero-order valence-electron chi connectivity index (χ0n) is 20.4. The molecule has 1 N–H and O–H groups in total. The smallest absolute Gasteiger partial charge is 0.123 e. The fourth-order valence-corrected chi connectivity index (χ4v) is 9.27. The third-order valence-electron chi connectivity index (χ3n) is 11.1. The van der Waals surface area contributed by atoms with Crippen LogP contribution in [0, 0.1) is 46.2 Å². The lowest BCUT2D eigenvalue weighted by Gasteiger charge is -2.61. The van der Waals surface area contributed by atoms with E-state index in [1.54, 1.807) is 0 Å². The molecule has 1 aromatic carbocycles. The summed E-state index contributed by atoms with van der Waals surface area (Å²) in [6.45, 7) is 5.13. The van der Waals surface area contributed by atoms with E-state index >= 15 is 0 Å². The number of benzene rings is 1. The van der Waals surface area contributed by atoms with Crippen LogP contribution in [0.1, 0.15) is 83.6 Å². The Bertz CT molecular complexity index is 793. The van der Waals surface area contributed by atoms with Gasteiger partial charge in [0.15, 0.2) is 0 Å². The van der Waals surface area contributed by atoms with E-state index in [4.69, 9.17) is 4.74 Å². The van der Waals surface area contributed by atoms with E-state index in [2.05, 4.69) is 13.8 Å². The molecule has 0 heterocycles. The lowest BCUT2D eigenvalue weighted by Crippen LogP contribution is -2.54. The van der Waals surface area contributed by atoms with Crippen LogP contribution in [0.25, 0.3) is 0 Å². The summed E-state index contributed by atoms with van der Waals surface area (Å²) in [5.74, 6) is 3.57. The van der Waals surface area contributed by atoms with Gasteiger partial charge in [-0.05, 0) is 129 Å². The van der Waals surface area contributed by atoms with Gasteiger partial charge in [0.25, 0.3) is 0 Å². The largest absolute Gasteiger partial charge is 0.393 e. The van der Waals surface area contributed by atoms with Crippen LogP contribution < -0.4 is 0 Å². The zero-order valence-corrected chi connectivity index (χ0v) is 20.4. The molecule has 0 radical (unpaired) electrons. The van der Waals surface area contributed by atoms with Crippen LogP contribution in [-0.2, 0) is 11.2 Å². The molecule has 9 atom stereocenters. The molecule has 0 unspecified atom stereocenters. The maximum absolute atomic E-state index is 13.2. The topological polar surface area (TPSA) is 29.5 Å². The Kier molecular flexibility index (Phi) is 6.20. The Hall–Kier alpha value is -0.930. The minimum Gasteiger partial charge on any atom is -0.393 e.